The van der Waals surface area contributed by atoms with Gasteiger partial charge in [0.25, 0.3) is 5.91 Å². The van der Waals surface area contributed by atoms with E-state index in [4.69, 9.17) is 25.7 Å². The predicted molar refractivity (Wildman–Crippen MR) is 144 cm³/mol. The Morgan fingerprint density at radius 1 is 1.13 bits per heavy atom. The lowest BCUT2D eigenvalue weighted by Crippen LogP contribution is -2.37. The maximum Gasteiger partial charge on any atom is 0.405 e. The molecule has 0 aromatic carbocycles. The van der Waals surface area contributed by atoms with E-state index in [1.807, 2.05) is 6.92 Å². The molecule has 0 saturated heterocycles. The van der Waals surface area contributed by atoms with Crippen molar-refractivity contribution in [3.05, 3.63) is 58.5 Å². The number of carbonyl (C=O) groups is 4. The van der Waals surface area contributed by atoms with Gasteiger partial charge in [-0.05, 0) is 38.2 Å². The predicted octanol–water partition coefficient (Wildman–Crippen LogP) is 1.72. The SMILES string of the molecule is COC1/C=C\C=C(/C)C(=O)NC2=CC(=O)C(N)=C(CC(C)CC(OC)C(O)C(C)C=C(C)C1OC(N)=O)C2=O. The van der Waals surface area contributed by atoms with Gasteiger partial charge in [0.1, 0.15) is 6.10 Å². The summed E-state index contributed by atoms with van der Waals surface area (Å²) in [6, 6.07) is 0. The fraction of sp³-hybridized carbons (Fsp3) is 0.500. The molecule has 0 aromatic rings. The molecule has 11 heteroatoms. The average molecular weight is 546 g/mol. The number of fused-ring (bicyclic) bond motifs is 2. The topological polar surface area (TPSA) is 180 Å². The number of primary amides is 1. The van der Waals surface area contributed by atoms with Gasteiger partial charge in [-0.3, -0.25) is 14.4 Å². The van der Waals surface area contributed by atoms with Crippen LogP contribution < -0.4 is 16.8 Å². The van der Waals surface area contributed by atoms with E-state index < -0.39 is 53.9 Å². The first-order chi connectivity index (χ1) is 18.3. The van der Waals surface area contributed by atoms with Crippen LogP contribution in [0.4, 0.5) is 4.79 Å². The highest BCUT2D eigenvalue weighted by Gasteiger charge is 2.32. The summed E-state index contributed by atoms with van der Waals surface area (Å²) in [7, 11) is 2.90. The monoisotopic (exact) mass is 545 g/mol. The van der Waals surface area contributed by atoms with Crippen LogP contribution in [0.5, 0.6) is 0 Å². The van der Waals surface area contributed by atoms with Crippen LogP contribution in [0.15, 0.2) is 58.5 Å². The van der Waals surface area contributed by atoms with Gasteiger partial charge < -0.3 is 36.1 Å². The lowest BCUT2D eigenvalue weighted by molar-refractivity contribution is -0.120. The van der Waals surface area contributed by atoms with Gasteiger partial charge in [-0.1, -0.05) is 38.2 Å². The number of aliphatic hydroxyl groups excluding tert-OH is 1. The van der Waals surface area contributed by atoms with Crippen LogP contribution in [0, 0.1) is 11.8 Å². The molecule has 214 valence electrons. The van der Waals surface area contributed by atoms with E-state index in [1.165, 1.54) is 33.3 Å². The third kappa shape index (κ3) is 8.22. The van der Waals surface area contributed by atoms with E-state index in [1.54, 1.807) is 26.0 Å². The first-order valence-corrected chi connectivity index (χ1v) is 12.6. The number of ether oxygens (including phenoxy) is 3. The lowest BCUT2D eigenvalue weighted by atomic mass is 9.85. The van der Waals surface area contributed by atoms with Gasteiger partial charge in [0.05, 0.1) is 23.6 Å². The zero-order chi connectivity index (χ0) is 29.4. The molecule has 0 radical (unpaired) electrons. The number of carbonyl (C=O) groups excluding carboxylic acids is 4. The van der Waals surface area contributed by atoms with Gasteiger partial charge in [-0.25, -0.2) is 4.79 Å². The minimum absolute atomic E-state index is 0.104. The fourth-order valence-electron chi connectivity index (χ4n) is 4.61. The summed E-state index contributed by atoms with van der Waals surface area (Å²) in [4.78, 5) is 50.1. The standard InChI is InChI=1S/C28H39N3O8/c1-14-10-18-23(29)20(32)13-19(25(18)34)31-27(35)15(2)8-7-9-21(37-5)26(39-28(30)36)17(4)12-16(3)24(33)22(11-14)38-6/h7-9,12-14,16,21-22,24,26,33H,10-11,29H2,1-6H3,(H2,30,36)(H,31,35)/b9-7-,15-8+,17-12?. The van der Waals surface area contributed by atoms with E-state index in [0.717, 1.165) is 6.08 Å². The molecule has 1 aliphatic carbocycles. The maximum atomic E-state index is 13.2. The van der Waals surface area contributed by atoms with Crippen molar-refractivity contribution in [2.45, 2.75) is 65.0 Å². The molecule has 11 nitrogen and oxygen atoms in total. The van der Waals surface area contributed by atoms with Crippen molar-refractivity contribution in [1.82, 2.24) is 5.32 Å². The molecule has 39 heavy (non-hydrogen) atoms. The van der Waals surface area contributed by atoms with Gasteiger partial charge >= 0.3 is 6.09 Å². The van der Waals surface area contributed by atoms with Gasteiger partial charge in [0.15, 0.2) is 6.10 Å². The van der Waals surface area contributed by atoms with Crippen LogP contribution in [-0.4, -0.2) is 67.3 Å². The molecule has 6 atom stereocenters. The highest BCUT2D eigenvalue weighted by molar-refractivity contribution is 6.23. The van der Waals surface area contributed by atoms with Crippen LogP contribution >= 0.6 is 0 Å². The Hall–Kier alpha value is -3.54. The third-order valence-electron chi connectivity index (χ3n) is 6.84. The molecule has 2 aliphatic rings. The summed E-state index contributed by atoms with van der Waals surface area (Å²) in [5, 5.41) is 13.6. The van der Waals surface area contributed by atoms with Crippen molar-refractivity contribution >= 4 is 23.6 Å². The summed E-state index contributed by atoms with van der Waals surface area (Å²) >= 11 is 0. The number of ketones is 2. The zero-order valence-electron chi connectivity index (χ0n) is 23.2. The Morgan fingerprint density at radius 3 is 2.38 bits per heavy atom. The Bertz CT molecular complexity index is 1130. The van der Waals surface area contributed by atoms with Crippen LogP contribution in [0.1, 0.15) is 40.5 Å². The molecule has 1 aliphatic heterocycles. The van der Waals surface area contributed by atoms with E-state index >= 15 is 0 Å². The Balaban J connectivity index is 2.58. The molecular weight excluding hydrogens is 506 g/mol. The number of allylic oxidation sites excluding steroid dienone is 4. The Kier molecular flexibility index (Phi) is 11.4. The smallest absolute Gasteiger partial charge is 0.405 e. The highest BCUT2D eigenvalue weighted by atomic mass is 16.6. The summed E-state index contributed by atoms with van der Waals surface area (Å²) in [5.41, 5.74) is 11.9. The molecule has 0 saturated carbocycles. The van der Waals surface area contributed by atoms with Gasteiger partial charge in [0, 0.05) is 37.4 Å². The van der Waals surface area contributed by atoms with Crippen molar-refractivity contribution in [1.29, 1.82) is 0 Å². The van der Waals surface area contributed by atoms with Crippen molar-refractivity contribution in [2.24, 2.45) is 23.3 Å². The Morgan fingerprint density at radius 2 is 1.79 bits per heavy atom. The summed E-state index contributed by atoms with van der Waals surface area (Å²) in [5.74, 6) is -2.37. The molecule has 2 rings (SSSR count). The molecule has 0 fully saturated rings. The number of amides is 2. The number of hydrogen-bond acceptors (Lipinski definition) is 9. The molecular formula is C28H39N3O8. The zero-order valence-corrected chi connectivity index (χ0v) is 23.2. The molecule has 0 spiro atoms. The number of aliphatic hydroxyl groups is 1. The largest absolute Gasteiger partial charge is 0.439 e. The first kappa shape index (κ1) is 31.7. The number of hydrogen-bond donors (Lipinski definition) is 4. The van der Waals surface area contributed by atoms with Gasteiger partial charge in [-0.2, -0.15) is 0 Å². The Labute approximate surface area is 228 Å². The molecule has 2 amide bonds. The van der Waals surface area contributed by atoms with Gasteiger partial charge in [-0.15, -0.1) is 0 Å². The second-order valence-corrected chi connectivity index (χ2v) is 9.97. The summed E-state index contributed by atoms with van der Waals surface area (Å²) in [6.45, 7) is 6.89. The summed E-state index contributed by atoms with van der Waals surface area (Å²) < 4.78 is 16.4. The molecule has 6 N–H and O–H groups in total. The van der Waals surface area contributed by atoms with E-state index in [-0.39, 0.29) is 34.9 Å². The van der Waals surface area contributed by atoms with Crippen molar-refractivity contribution in [2.75, 3.05) is 14.2 Å². The van der Waals surface area contributed by atoms with Crippen LogP contribution in [-0.2, 0) is 28.6 Å². The minimum Gasteiger partial charge on any atom is -0.439 e. The lowest BCUT2D eigenvalue weighted by Gasteiger charge is -2.29. The number of rotatable bonds is 3. The molecule has 6 unspecified atom stereocenters. The van der Waals surface area contributed by atoms with Crippen molar-refractivity contribution < 1.29 is 38.5 Å². The molecule has 0 aromatic heterocycles. The van der Waals surface area contributed by atoms with E-state index in [2.05, 4.69) is 5.32 Å². The number of methoxy groups -OCH3 is 2. The van der Waals surface area contributed by atoms with Crippen LogP contribution in [0.25, 0.3) is 0 Å². The quantitative estimate of drug-likeness (QED) is 0.303. The third-order valence-corrected chi connectivity index (χ3v) is 6.84. The van der Waals surface area contributed by atoms with E-state index in [9.17, 15) is 24.3 Å². The summed E-state index contributed by atoms with van der Waals surface area (Å²) in [6.07, 6.45) is 3.55. The van der Waals surface area contributed by atoms with E-state index in [0.29, 0.717) is 12.0 Å². The average Bonchev–Trinajstić information content (AvgIpc) is 2.88. The fourth-order valence-corrected chi connectivity index (χ4v) is 4.61. The van der Waals surface area contributed by atoms with Crippen LogP contribution in [0.3, 0.4) is 0 Å². The first-order valence-electron chi connectivity index (χ1n) is 12.6. The number of nitrogens with two attached hydrogens (primary N) is 2. The normalized spacial score (nSPS) is 32.0. The second kappa shape index (κ2) is 14.0. The number of Topliss-reactive ketones (excluding diaryl/α,β-unsaturated/α-hetero) is 1. The second-order valence-electron chi connectivity index (χ2n) is 9.97. The minimum atomic E-state index is -1.00. The maximum absolute atomic E-state index is 13.2. The number of nitrogens with one attached hydrogen (secondary N) is 1. The highest BCUT2D eigenvalue weighted by Crippen LogP contribution is 2.28. The molecule has 2 bridgehead atoms. The van der Waals surface area contributed by atoms with Gasteiger partial charge in [0.2, 0.25) is 11.6 Å². The molecule has 1 heterocycles. The van der Waals surface area contributed by atoms with Crippen molar-refractivity contribution in [3.8, 4) is 0 Å². The van der Waals surface area contributed by atoms with Crippen molar-refractivity contribution in [3.63, 3.8) is 0 Å². The van der Waals surface area contributed by atoms with Crippen LogP contribution in [0.2, 0.25) is 0 Å².